The van der Waals surface area contributed by atoms with Gasteiger partial charge in [-0.3, -0.25) is 4.90 Å². The standard InChI is InChI=1S/C25H20Cl4N4O2/c1-33(13-17-3-2-4-19(26)23(17)29)12-15-5-7-16(8-6-15)14-35-25-30-11-22(31-32-25)18-9-20(27)24(34)21(28)10-18/h2-11,34H,12-14H2,1H3. The van der Waals surface area contributed by atoms with Crippen LogP contribution >= 0.6 is 46.4 Å². The fourth-order valence-electron chi connectivity index (χ4n) is 3.39. The third kappa shape index (κ3) is 6.54. The fourth-order valence-corrected chi connectivity index (χ4v) is 4.26. The van der Waals surface area contributed by atoms with Crippen LogP contribution in [0.5, 0.6) is 11.8 Å². The molecule has 0 saturated heterocycles. The number of aromatic hydroxyl groups is 1. The first kappa shape index (κ1) is 25.5. The largest absolute Gasteiger partial charge is 0.505 e. The highest BCUT2D eigenvalue weighted by atomic mass is 35.5. The van der Waals surface area contributed by atoms with E-state index in [0.717, 1.165) is 23.2 Å². The molecule has 4 aromatic rings. The van der Waals surface area contributed by atoms with Crippen LogP contribution in [0.1, 0.15) is 16.7 Å². The van der Waals surface area contributed by atoms with Gasteiger partial charge in [-0.1, -0.05) is 87.9 Å². The summed E-state index contributed by atoms with van der Waals surface area (Å²) in [4.78, 5) is 6.36. The van der Waals surface area contributed by atoms with E-state index in [9.17, 15) is 5.11 Å². The number of rotatable bonds is 8. The monoisotopic (exact) mass is 548 g/mol. The second-order valence-electron chi connectivity index (χ2n) is 7.90. The third-order valence-corrected chi connectivity index (χ3v) is 6.60. The Labute approximate surface area is 223 Å². The van der Waals surface area contributed by atoms with Crippen molar-refractivity contribution in [3.63, 3.8) is 0 Å². The van der Waals surface area contributed by atoms with Crippen molar-refractivity contribution in [1.82, 2.24) is 20.1 Å². The lowest BCUT2D eigenvalue weighted by atomic mass is 10.1. The molecule has 0 amide bonds. The van der Waals surface area contributed by atoms with Crippen molar-refractivity contribution in [2.75, 3.05) is 7.05 Å². The van der Waals surface area contributed by atoms with Gasteiger partial charge in [0, 0.05) is 18.7 Å². The molecule has 4 rings (SSSR count). The number of hydrogen-bond donors (Lipinski definition) is 1. The van der Waals surface area contributed by atoms with E-state index in [1.165, 1.54) is 18.3 Å². The molecule has 0 fully saturated rings. The molecule has 0 saturated carbocycles. The Morgan fingerprint density at radius 2 is 1.54 bits per heavy atom. The van der Waals surface area contributed by atoms with Gasteiger partial charge < -0.3 is 9.84 Å². The molecule has 3 aromatic carbocycles. The molecule has 0 unspecified atom stereocenters. The molecule has 10 heteroatoms. The molecule has 0 spiro atoms. The van der Waals surface area contributed by atoms with Gasteiger partial charge in [-0.25, -0.2) is 4.98 Å². The lowest BCUT2D eigenvalue weighted by molar-refractivity contribution is 0.276. The van der Waals surface area contributed by atoms with Gasteiger partial charge in [0.25, 0.3) is 0 Å². The lowest BCUT2D eigenvalue weighted by Crippen LogP contribution is -2.17. The molecule has 1 N–H and O–H groups in total. The van der Waals surface area contributed by atoms with Crippen molar-refractivity contribution >= 4 is 46.4 Å². The van der Waals surface area contributed by atoms with Crippen molar-refractivity contribution in [3.05, 3.63) is 97.6 Å². The first-order chi connectivity index (χ1) is 16.8. The van der Waals surface area contributed by atoms with E-state index >= 15 is 0 Å². The summed E-state index contributed by atoms with van der Waals surface area (Å²) < 4.78 is 5.66. The predicted octanol–water partition coefficient (Wildman–Crippen LogP) is 7.07. The summed E-state index contributed by atoms with van der Waals surface area (Å²) in [7, 11) is 2.03. The van der Waals surface area contributed by atoms with Gasteiger partial charge in [0.05, 0.1) is 26.3 Å². The summed E-state index contributed by atoms with van der Waals surface area (Å²) in [6.45, 7) is 1.74. The van der Waals surface area contributed by atoms with Gasteiger partial charge in [-0.2, -0.15) is 0 Å². The van der Waals surface area contributed by atoms with Crippen molar-refractivity contribution < 1.29 is 9.84 Å². The van der Waals surface area contributed by atoms with Crippen molar-refractivity contribution in [1.29, 1.82) is 0 Å². The van der Waals surface area contributed by atoms with Crippen LogP contribution in [-0.2, 0) is 19.7 Å². The summed E-state index contributed by atoms with van der Waals surface area (Å²) in [5.41, 5.74) is 4.15. The number of halogens is 4. The highest BCUT2D eigenvalue weighted by Gasteiger charge is 2.11. The lowest BCUT2D eigenvalue weighted by Gasteiger charge is -2.18. The Balaban J connectivity index is 1.31. The minimum Gasteiger partial charge on any atom is -0.505 e. The number of phenolic OH excluding ortho intramolecular Hbond substituents is 1. The minimum atomic E-state index is -0.180. The number of ether oxygens (including phenoxy) is 1. The maximum atomic E-state index is 9.69. The Bertz CT molecular complexity index is 1300. The smallest absolute Gasteiger partial charge is 0.336 e. The maximum Gasteiger partial charge on any atom is 0.336 e. The summed E-state index contributed by atoms with van der Waals surface area (Å²) in [6, 6.07) is 17.0. The quantitative estimate of drug-likeness (QED) is 0.253. The molecule has 0 aliphatic carbocycles. The zero-order chi connectivity index (χ0) is 24.9. The predicted molar refractivity (Wildman–Crippen MR) is 139 cm³/mol. The SMILES string of the molecule is CN(Cc1ccc(COc2ncc(-c3cc(Cl)c(O)c(Cl)c3)nn2)cc1)Cc1cccc(Cl)c1Cl. The normalized spacial score (nSPS) is 11.1. The molecule has 6 nitrogen and oxygen atoms in total. The maximum absolute atomic E-state index is 9.69. The van der Waals surface area contributed by atoms with Crippen LogP contribution in [-0.4, -0.2) is 32.2 Å². The van der Waals surface area contributed by atoms with Gasteiger partial charge in [-0.15, -0.1) is 5.10 Å². The number of benzene rings is 3. The van der Waals surface area contributed by atoms with Crippen LogP contribution in [0.2, 0.25) is 20.1 Å². The highest BCUT2D eigenvalue weighted by molar-refractivity contribution is 6.42. The third-order valence-electron chi connectivity index (χ3n) is 5.17. The minimum absolute atomic E-state index is 0.123. The molecule has 1 heterocycles. The average Bonchev–Trinajstić information content (AvgIpc) is 2.85. The molecular formula is C25H20Cl4N4O2. The zero-order valence-electron chi connectivity index (χ0n) is 18.6. The second-order valence-corrected chi connectivity index (χ2v) is 9.50. The van der Waals surface area contributed by atoms with E-state index in [4.69, 9.17) is 51.1 Å². The van der Waals surface area contributed by atoms with E-state index in [1.54, 1.807) is 6.07 Å². The average molecular weight is 550 g/mol. The van der Waals surface area contributed by atoms with Gasteiger partial charge >= 0.3 is 6.01 Å². The number of phenols is 1. The summed E-state index contributed by atoms with van der Waals surface area (Å²) in [5, 5.41) is 19.2. The Morgan fingerprint density at radius 3 is 2.20 bits per heavy atom. The molecule has 0 aliphatic heterocycles. The van der Waals surface area contributed by atoms with Gasteiger partial charge in [-0.05, 0) is 41.9 Å². The molecule has 180 valence electrons. The molecule has 0 atom stereocenters. The first-order valence-corrected chi connectivity index (χ1v) is 12.0. The summed E-state index contributed by atoms with van der Waals surface area (Å²) in [6.07, 6.45) is 1.51. The topological polar surface area (TPSA) is 71.4 Å². The molecular weight excluding hydrogens is 530 g/mol. The van der Waals surface area contributed by atoms with Crippen LogP contribution in [0.15, 0.2) is 60.8 Å². The Hall–Kier alpha value is -2.61. The van der Waals surface area contributed by atoms with E-state index in [0.29, 0.717) is 34.5 Å². The summed E-state index contributed by atoms with van der Waals surface area (Å²) in [5.74, 6) is -0.180. The van der Waals surface area contributed by atoms with Gasteiger partial charge in [0.2, 0.25) is 0 Å². The summed E-state index contributed by atoms with van der Waals surface area (Å²) >= 11 is 24.3. The number of hydrogen-bond acceptors (Lipinski definition) is 6. The van der Waals surface area contributed by atoms with E-state index in [-0.39, 0.29) is 21.8 Å². The number of aromatic nitrogens is 3. The van der Waals surface area contributed by atoms with Crippen LogP contribution in [0.3, 0.4) is 0 Å². The van der Waals surface area contributed by atoms with E-state index in [1.807, 2.05) is 31.3 Å². The second kappa shape index (κ2) is 11.4. The highest BCUT2D eigenvalue weighted by Crippen LogP contribution is 2.35. The molecule has 1 aromatic heterocycles. The van der Waals surface area contributed by atoms with Crippen LogP contribution in [0.4, 0.5) is 0 Å². The van der Waals surface area contributed by atoms with Crippen LogP contribution in [0.25, 0.3) is 11.3 Å². The van der Waals surface area contributed by atoms with Crippen molar-refractivity contribution in [2.24, 2.45) is 0 Å². The fraction of sp³-hybridized carbons (Fsp3) is 0.160. The zero-order valence-corrected chi connectivity index (χ0v) is 21.6. The molecule has 0 aliphatic rings. The molecule has 35 heavy (non-hydrogen) atoms. The first-order valence-electron chi connectivity index (χ1n) is 10.5. The Kier molecular flexibility index (Phi) is 8.31. The number of nitrogens with zero attached hydrogens (tertiary/aromatic N) is 4. The van der Waals surface area contributed by atoms with Crippen molar-refractivity contribution in [2.45, 2.75) is 19.7 Å². The van der Waals surface area contributed by atoms with Crippen molar-refractivity contribution in [3.8, 4) is 23.0 Å². The van der Waals surface area contributed by atoms with Gasteiger partial charge in [0.1, 0.15) is 12.3 Å². The Morgan fingerprint density at radius 1 is 0.857 bits per heavy atom. The molecule has 0 radical (unpaired) electrons. The van der Waals surface area contributed by atoms with Crippen LogP contribution in [0, 0.1) is 0 Å². The van der Waals surface area contributed by atoms with Crippen LogP contribution < -0.4 is 4.74 Å². The molecule has 0 bridgehead atoms. The van der Waals surface area contributed by atoms with E-state index in [2.05, 4.69) is 32.2 Å². The van der Waals surface area contributed by atoms with E-state index < -0.39 is 0 Å². The van der Waals surface area contributed by atoms with Gasteiger partial charge in [0.15, 0.2) is 5.75 Å².